The summed E-state index contributed by atoms with van der Waals surface area (Å²) in [4.78, 5) is 44.3. The second kappa shape index (κ2) is 8.12. The minimum Gasteiger partial charge on any atom is -0.347 e. The van der Waals surface area contributed by atoms with Gasteiger partial charge in [-0.05, 0) is 44.2 Å². The van der Waals surface area contributed by atoms with Gasteiger partial charge in [-0.25, -0.2) is 4.98 Å². The summed E-state index contributed by atoms with van der Waals surface area (Å²) in [6.07, 6.45) is 9.87. The Kier molecular flexibility index (Phi) is 5.41. The van der Waals surface area contributed by atoms with Crippen molar-refractivity contribution in [2.24, 2.45) is 5.92 Å². The average Bonchev–Trinajstić information content (AvgIpc) is 3.15. The van der Waals surface area contributed by atoms with Crippen LogP contribution in [0.5, 0.6) is 0 Å². The van der Waals surface area contributed by atoms with Crippen LogP contribution in [0.2, 0.25) is 0 Å². The lowest BCUT2D eigenvalue weighted by atomic mass is 10.1. The largest absolute Gasteiger partial charge is 0.347 e. The molecule has 2 aliphatic rings. The van der Waals surface area contributed by atoms with E-state index in [0.29, 0.717) is 12.2 Å². The first-order valence-electron chi connectivity index (χ1n) is 10.2. The van der Waals surface area contributed by atoms with Crippen LogP contribution in [0.3, 0.4) is 0 Å². The summed E-state index contributed by atoms with van der Waals surface area (Å²) in [5, 5.41) is 2.97. The Bertz CT molecular complexity index is 933. The number of nitrogens with zero attached hydrogens (tertiary/aromatic N) is 3. The number of likely N-dealkylation sites (tertiary alicyclic amines) is 1. The summed E-state index contributed by atoms with van der Waals surface area (Å²) in [6, 6.07) is 5.11. The first kappa shape index (κ1) is 18.7. The molecule has 2 amide bonds. The molecule has 1 N–H and O–H groups in total. The number of aromatic nitrogens is 2. The van der Waals surface area contributed by atoms with Gasteiger partial charge in [0.25, 0.3) is 11.5 Å². The third-order valence-corrected chi connectivity index (χ3v) is 5.88. The van der Waals surface area contributed by atoms with E-state index in [-0.39, 0.29) is 29.0 Å². The smallest absolute Gasteiger partial charge is 0.270 e. The molecule has 2 aromatic heterocycles. The summed E-state index contributed by atoms with van der Waals surface area (Å²) in [7, 11) is 0. The predicted octanol–water partition coefficient (Wildman–Crippen LogP) is 2.00. The summed E-state index contributed by atoms with van der Waals surface area (Å²) < 4.78 is 1.37. The van der Waals surface area contributed by atoms with Crippen molar-refractivity contribution in [1.29, 1.82) is 0 Å². The minimum atomic E-state index is -0.420. The predicted molar refractivity (Wildman–Crippen MR) is 105 cm³/mol. The van der Waals surface area contributed by atoms with E-state index >= 15 is 0 Å². The molecule has 3 heterocycles. The van der Waals surface area contributed by atoms with Crippen LogP contribution in [0.1, 0.15) is 55.3 Å². The second-order valence-electron chi connectivity index (χ2n) is 7.84. The quantitative estimate of drug-likeness (QED) is 0.880. The minimum absolute atomic E-state index is 0.0293. The maximum Gasteiger partial charge on any atom is 0.270 e. The summed E-state index contributed by atoms with van der Waals surface area (Å²) in [5.41, 5.74) is 0.157. The fourth-order valence-corrected chi connectivity index (χ4v) is 4.34. The third-order valence-electron chi connectivity index (χ3n) is 5.88. The maximum atomic E-state index is 12.8. The van der Waals surface area contributed by atoms with E-state index in [9.17, 15) is 14.4 Å². The van der Waals surface area contributed by atoms with Gasteiger partial charge in [0.15, 0.2) is 0 Å². The number of amides is 2. The molecule has 28 heavy (non-hydrogen) atoms. The molecule has 7 heteroatoms. The summed E-state index contributed by atoms with van der Waals surface area (Å²) in [6.45, 7) is 1.27. The second-order valence-corrected chi connectivity index (χ2v) is 7.84. The van der Waals surface area contributed by atoms with Crippen molar-refractivity contribution in [3.05, 3.63) is 46.5 Å². The number of nitrogens with one attached hydrogen (secondary N) is 1. The van der Waals surface area contributed by atoms with Crippen molar-refractivity contribution in [1.82, 2.24) is 19.6 Å². The number of pyridine rings is 1. The lowest BCUT2D eigenvalue weighted by molar-refractivity contribution is -0.135. The molecule has 0 aromatic carbocycles. The van der Waals surface area contributed by atoms with Crippen molar-refractivity contribution in [3.63, 3.8) is 0 Å². The van der Waals surface area contributed by atoms with Crippen LogP contribution in [0.25, 0.3) is 5.65 Å². The van der Waals surface area contributed by atoms with Crippen molar-refractivity contribution in [2.45, 2.75) is 51.0 Å². The Labute approximate surface area is 163 Å². The Morgan fingerprint density at radius 3 is 2.68 bits per heavy atom. The fraction of sp³-hybridized carbons (Fsp3) is 0.524. The molecular weight excluding hydrogens is 356 g/mol. The van der Waals surface area contributed by atoms with Gasteiger partial charge in [0.05, 0.1) is 0 Å². The van der Waals surface area contributed by atoms with Gasteiger partial charge in [0, 0.05) is 37.4 Å². The third kappa shape index (κ3) is 3.79. The molecule has 1 saturated carbocycles. The van der Waals surface area contributed by atoms with Crippen LogP contribution in [0.15, 0.2) is 35.4 Å². The van der Waals surface area contributed by atoms with Crippen molar-refractivity contribution < 1.29 is 9.59 Å². The topological polar surface area (TPSA) is 83.8 Å². The summed E-state index contributed by atoms with van der Waals surface area (Å²) >= 11 is 0. The molecule has 1 aliphatic carbocycles. The highest BCUT2D eigenvalue weighted by molar-refractivity contribution is 5.94. The Morgan fingerprint density at radius 1 is 1.07 bits per heavy atom. The number of hydrogen-bond donors (Lipinski definition) is 1. The molecule has 4 rings (SSSR count). The zero-order valence-electron chi connectivity index (χ0n) is 16.0. The van der Waals surface area contributed by atoms with Crippen molar-refractivity contribution in [3.8, 4) is 0 Å². The van der Waals surface area contributed by atoms with Crippen LogP contribution in [-0.2, 0) is 4.79 Å². The lowest BCUT2D eigenvalue weighted by Crippen LogP contribution is -2.47. The number of carbonyl (C=O) groups is 2. The highest BCUT2D eigenvalue weighted by Crippen LogP contribution is 2.27. The molecule has 2 fully saturated rings. The van der Waals surface area contributed by atoms with Gasteiger partial charge in [0.1, 0.15) is 11.2 Å². The highest BCUT2D eigenvalue weighted by atomic mass is 16.2. The van der Waals surface area contributed by atoms with Gasteiger partial charge in [-0.15, -0.1) is 0 Å². The Hall–Kier alpha value is -2.70. The normalized spacial score (nSPS) is 20.9. The average molecular weight is 382 g/mol. The molecule has 1 atom stereocenters. The molecule has 0 radical (unpaired) electrons. The standard InChI is InChI=1S/C21H26N4O3/c26-19(17-13-22-18-10-4-6-12-25(18)21(17)28)23-16-9-3-5-11-24(14-16)20(27)15-7-1-2-8-15/h4,6,10,12-13,15-16H,1-3,5,7-9,11,14H2,(H,23,26)/t16-/m0/s1. The molecule has 7 nitrogen and oxygen atoms in total. The zero-order valence-corrected chi connectivity index (χ0v) is 16.0. The SMILES string of the molecule is O=C(N[C@H]1CCCCN(C(=O)C2CCCC2)C1)c1cnc2ccccn2c1=O. The van der Waals surface area contributed by atoms with Crippen molar-refractivity contribution in [2.75, 3.05) is 13.1 Å². The molecule has 0 bridgehead atoms. The van der Waals surface area contributed by atoms with Gasteiger partial charge >= 0.3 is 0 Å². The monoisotopic (exact) mass is 382 g/mol. The van der Waals surface area contributed by atoms with Gasteiger partial charge in [-0.3, -0.25) is 18.8 Å². The molecule has 1 saturated heterocycles. The molecule has 1 aliphatic heterocycles. The first-order valence-corrected chi connectivity index (χ1v) is 10.2. The van der Waals surface area contributed by atoms with Gasteiger partial charge in [-0.2, -0.15) is 0 Å². The number of fused-ring (bicyclic) bond motifs is 1. The van der Waals surface area contributed by atoms with Crippen LogP contribution in [0.4, 0.5) is 0 Å². The van der Waals surface area contributed by atoms with E-state index in [1.807, 2.05) is 4.90 Å². The Balaban J connectivity index is 1.48. The van der Waals surface area contributed by atoms with Crippen LogP contribution in [0, 0.1) is 5.92 Å². The number of carbonyl (C=O) groups excluding carboxylic acids is 2. The van der Waals surface area contributed by atoms with E-state index < -0.39 is 5.91 Å². The molecular formula is C21H26N4O3. The van der Waals surface area contributed by atoms with Gasteiger partial charge in [-0.1, -0.05) is 18.9 Å². The van der Waals surface area contributed by atoms with E-state index in [1.54, 1.807) is 24.4 Å². The van der Waals surface area contributed by atoms with Crippen LogP contribution in [-0.4, -0.2) is 45.2 Å². The van der Waals surface area contributed by atoms with E-state index in [0.717, 1.165) is 51.5 Å². The maximum absolute atomic E-state index is 12.8. The molecule has 2 aromatic rings. The van der Waals surface area contributed by atoms with Crippen LogP contribution < -0.4 is 10.9 Å². The lowest BCUT2D eigenvalue weighted by Gasteiger charge is -2.27. The Morgan fingerprint density at radius 2 is 1.86 bits per heavy atom. The molecule has 0 spiro atoms. The number of hydrogen-bond acceptors (Lipinski definition) is 4. The highest BCUT2D eigenvalue weighted by Gasteiger charge is 2.30. The van der Waals surface area contributed by atoms with E-state index in [1.165, 1.54) is 10.6 Å². The molecule has 0 unspecified atom stereocenters. The van der Waals surface area contributed by atoms with E-state index in [4.69, 9.17) is 0 Å². The van der Waals surface area contributed by atoms with Gasteiger partial charge in [0.2, 0.25) is 5.91 Å². The zero-order chi connectivity index (χ0) is 19.5. The summed E-state index contributed by atoms with van der Waals surface area (Å²) in [5.74, 6) is -0.0502. The van der Waals surface area contributed by atoms with Crippen LogP contribution >= 0.6 is 0 Å². The number of rotatable bonds is 3. The van der Waals surface area contributed by atoms with Crippen molar-refractivity contribution >= 4 is 17.5 Å². The van der Waals surface area contributed by atoms with E-state index in [2.05, 4.69) is 10.3 Å². The molecule has 148 valence electrons. The first-order chi connectivity index (χ1) is 13.6. The fourth-order valence-electron chi connectivity index (χ4n) is 4.34. The van der Waals surface area contributed by atoms with Gasteiger partial charge < -0.3 is 10.2 Å².